The van der Waals surface area contributed by atoms with Crippen LogP contribution in [0, 0.1) is 5.92 Å². The van der Waals surface area contributed by atoms with Crippen molar-refractivity contribution < 1.29 is 9.59 Å². The molecule has 1 atom stereocenters. The SMILES string of the molecule is CCCCCCCCCCCCCCCCCCC(CC(=O)NCCCCCCCCCCCC)C(N)=O. The van der Waals surface area contributed by atoms with Gasteiger partial charge < -0.3 is 11.1 Å². The fourth-order valence-corrected chi connectivity index (χ4v) is 5.42. The van der Waals surface area contributed by atoms with Crippen LogP contribution >= 0.6 is 0 Å². The van der Waals surface area contributed by atoms with E-state index >= 15 is 0 Å². The average Bonchev–Trinajstić information content (AvgIpc) is 2.90. The molecule has 38 heavy (non-hydrogen) atoms. The number of nitrogens with one attached hydrogen (secondary N) is 1. The second kappa shape index (κ2) is 30.5. The Morgan fingerprint density at radius 3 is 1.16 bits per heavy atom. The fourth-order valence-electron chi connectivity index (χ4n) is 5.42. The summed E-state index contributed by atoms with van der Waals surface area (Å²) >= 11 is 0. The molecule has 0 heterocycles. The van der Waals surface area contributed by atoms with Gasteiger partial charge in [-0.15, -0.1) is 0 Å². The number of hydrogen-bond acceptors (Lipinski definition) is 2. The molecule has 4 nitrogen and oxygen atoms in total. The molecular formula is C34H68N2O2. The molecule has 226 valence electrons. The van der Waals surface area contributed by atoms with Crippen LogP contribution < -0.4 is 11.1 Å². The van der Waals surface area contributed by atoms with E-state index in [1.165, 1.54) is 148 Å². The monoisotopic (exact) mass is 537 g/mol. The molecule has 0 saturated heterocycles. The topological polar surface area (TPSA) is 72.2 Å². The van der Waals surface area contributed by atoms with Gasteiger partial charge >= 0.3 is 0 Å². The minimum absolute atomic E-state index is 0.0128. The van der Waals surface area contributed by atoms with Crippen molar-refractivity contribution in [3.63, 3.8) is 0 Å². The number of nitrogens with two attached hydrogens (primary N) is 1. The molecule has 2 amide bonds. The van der Waals surface area contributed by atoms with Crippen LogP contribution in [-0.2, 0) is 9.59 Å². The molecule has 0 spiro atoms. The summed E-state index contributed by atoms with van der Waals surface area (Å²) in [4.78, 5) is 24.1. The molecule has 0 aromatic heterocycles. The number of carbonyl (C=O) groups excluding carboxylic acids is 2. The van der Waals surface area contributed by atoms with E-state index in [2.05, 4.69) is 19.2 Å². The number of hydrogen-bond donors (Lipinski definition) is 2. The Bertz CT molecular complexity index is 509. The van der Waals surface area contributed by atoms with Crippen molar-refractivity contribution in [1.82, 2.24) is 5.32 Å². The Morgan fingerprint density at radius 1 is 0.500 bits per heavy atom. The van der Waals surface area contributed by atoms with Gasteiger partial charge in [0.1, 0.15) is 0 Å². The number of amides is 2. The zero-order chi connectivity index (χ0) is 27.9. The number of unbranched alkanes of at least 4 members (excludes halogenated alkanes) is 24. The molecule has 3 N–H and O–H groups in total. The smallest absolute Gasteiger partial charge is 0.221 e. The summed E-state index contributed by atoms with van der Waals surface area (Å²) in [5.41, 5.74) is 5.59. The van der Waals surface area contributed by atoms with Gasteiger partial charge in [0.2, 0.25) is 11.8 Å². The van der Waals surface area contributed by atoms with Gasteiger partial charge in [0, 0.05) is 18.9 Å². The van der Waals surface area contributed by atoms with Crippen molar-refractivity contribution >= 4 is 11.8 Å². The summed E-state index contributed by atoms with van der Waals surface area (Å²) < 4.78 is 0. The van der Waals surface area contributed by atoms with Crippen LogP contribution in [0.5, 0.6) is 0 Å². The van der Waals surface area contributed by atoms with E-state index in [1.807, 2.05) is 0 Å². The Labute approximate surface area is 238 Å². The van der Waals surface area contributed by atoms with Crippen LogP contribution in [0.25, 0.3) is 0 Å². The van der Waals surface area contributed by atoms with E-state index in [0.29, 0.717) is 0 Å². The van der Waals surface area contributed by atoms with Crippen LogP contribution in [0.3, 0.4) is 0 Å². The summed E-state index contributed by atoms with van der Waals surface area (Å²) in [6.07, 6.45) is 35.4. The van der Waals surface area contributed by atoms with E-state index in [0.717, 1.165) is 32.2 Å². The molecule has 0 aliphatic heterocycles. The highest BCUT2D eigenvalue weighted by molar-refractivity contribution is 5.84. The molecule has 0 aliphatic carbocycles. The molecule has 0 aromatic rings. The van der Waals surface area contributed by atoms with E-state index in [-0.39, 0.29) is 24.2 Å². The summed E-state index contributed by atoms with van der Waals surface area (Å²) in [6.45, 7) is 5.26. The minimum Gasteiger partial charge on any atom is -0.369 e. The Morgan fingerprint density at radius 2 is 0.816 bits per heavy atom. The van der Waals surface area contributed by atoms with Gasteiger partial charge in [0.25, 0.3) is 0 Å². The predicted molar refractivity (Wildman–Crippen MR) is 166 cm³/mol. The van der Waals surface area contributed by atoms with Crippen molar-refractivity contribution in [2.75, 3.05) is 6.54 Å². The van der Waals surface area contributed by atoms with Crippen molar-refractivity contribution in [3.8, 4) is 0 Å². The Balaban J connectivity index is 3.53. The number of rotatable bonds is 31. The molecule has 0 saturated carbocycles. The summed E-state index contributed by atoms with van der Waals surface area (Å²) in [5.74, 6) is -0.643. The highest BCUT2D eigenvalue weighted by atomic mass is 16.2. The quantitative estimate of drug-likeness (QED) is 0.0865. The van der Waals surface area contributed by atoms with Gasteiger partial charge in [-0.25, -0.2) is 0 Å². The van der Waals surface area contributed by atoms with E-state index in [9.17, 15) is 9.59 Å². The zero-order valence-corrected chi connectivity index (χ0v) is 26.0. The maximum atomic E-state index is 12.3. The van der Waals surface area contributed by atoms with Crippen LogP contribution in [0.4, 0.5) is 0 Å². The normalized spacial score (nSPS) is 12.1. The second-order valence-electron chi connectivity index (χ2n) is 11.9. The van der Waals surface area contributed by atoms with Crippen molar-refractivity contribution in [2.24, 2.45) is 11.7 Å². The molecule has 0 rings (SSSR count). The molecule has 0 aromatic carbocycles. The fraction of sp³-hybridized carbons (Fsp3) is 0.941. The lowest BCUT2D eigenvalue weighted by Gasteiger charge is -2.13. The van der Waals surface area contributed by atoms with Gasteiger partial charge in [-0.3, -0.25) is 9.59 Å². The third kappa shape index (κ3) is 28.0. The van der Waals surface area contributed by atoms with Crippen LogP contribution in [0.15, 0.2) is 0 Å². The molecule has 0 fully saturated rings. The third-order valence-corrected chi connectivity index (χ3v) is 8.09. The maximum Gasteiger partial charge on any atom is 0.221 e. The first-order valence-electron chi connectivity index (χ1n) is 17.2. The lowest BCUT2D eigenvalue weighted by Crippen LogP contribution is -2.32. The molecule has 0 bridgehead atoms. The van der Waals surface area contributed by atoms with Crippen molar-refractivity contribution in [1.29, 1.82) is 0 Å². The summed E-state index contributed by atoms with van der Waals surface area (Å²) in [7, 11) is 0. The number of primary amides is 1. The number of carbonyl (C=O) groups is 2. The maximum absolute atomic E-state index is 12.3. The second-order valence-corrected chi connectivity index (χ2v) is 11.9. The first kappa shape index (κ1) is 36.9. The van der Waals surface area contributed by atoms with Gasteiger partial charge in [-0.2, -0.15) is 0 Å². The lowest BCUT2D eigenvalue weighted by atomic mass is 9.96. The first-order chi connectivity index (χ1) is 18.6. The molecule has 0 radical (unpaired) electrons. The van der Waals surface area contributed by atoms with Crippen molar-refractivity contribution in [3.05, 3.63) is 0 Å². The van der Waals surface area contributed by atoms with Gasteiger partial charge in [0.15, 0.2) is 0 Å². The minimum atomic E-state index is -0.319. The van der Waals surface area contributed by atoms with E-state index in [1.54, 1.807) is 0 Å². The standard InChI is InChI=1S/C34H68N2O2/c1-3-5-7-9-11-13-15-16-17-18-19-20-21-23-25-27-29-32(34(35)38)31-33(37)36-30-28-26-24-22-14-12-10-8-6-4-2/h32H,3-31H2,1-2H3,(H2,35,38)(H,36,37). The van der Waals surface area contributed by atoms with E-state index < -0.39 is 0 Å². The molecular weight excluding hydrogens is 468 g/mol. The highest BCUT2D eigenvalue weighted by Gasteiger charge is 2.18. The van der Waals surface area contributed by atoms with Gasteiger partial charge in [-0.05, 0) is 12.8 Å². The summed E-state index contributed by atoms with van der Waals surface area (Å²) in [5, 5.41) is 3.00. The van der Waals surface area contributed by atoms with E-state index in [4.69, 9.17) is 5.73 Å². The largest absolute Gasteiger partial charge is 0.369 e. The first-order valence-corrected chi connectivity index (χ1v) is 17.2. The third-order valence-electron chi connectivity index (χ3n) is 8.09. The van der Waals surface area contributed by atoms with Crippen molar-refractivity contribution in [2.45, 2.75) is 194 Å². The van der Waals surface area contributed by atoms with Crippen LogP contribution in [0.1, 0.15) is 194 Å². The lowest BCUT2D eigenvalue weighted by molar-refractivity contribution is -0.128. The Hall–Kier alpha value is -1.06. The van der Waals surface area contributed by atoms with Crippen LogP contribution in [0.2, 0.25) is 0 Å². The Kier molecular flexibility index (Phi) is 29.6. The molecule has 0 aliphatic rings. The van der Waals surface area contributed by atoms with Crippen LogP contribution in [-0.4, -0.2) is 18.4 Å². The highest BCUT2D eigenvalue weighted by Crippen LogP contribution is 2.17. The average molecular weight is 537 g/mol. The molecule has 1 unspecified atom stereocenters. The van der Waals surface area contributed by atoms with Gasteiger partial charge in [-0.1, -0.05) is 174 Å². The molecule has 4 heteroatoms. The van der Waals surface area contributed by atoms with Gasteiger partial charge in [0.05, 0.1) is 0 Å². The summed E-state index contributed by atoms with van der Waals surface area (Å²) in [6, 6.07) is 0. The predicted octanol–water partition coefficient (Wildman–Crippen LogP) is 10.2. The zero-order valence-electron chi connectivity index (χ0n) is 26.0.